The Morgan fingerprint density at radius 1 is 0.925 bits per heavy atom. The standard InChI is InChI=1S/C32H37FN6O/c1-23-30-31(38-20-18-37(19-21-38)29(40)17-12-24-8-4-2-5-9-24)34-28(22-25-10-6-3-7-11-25)35-32(30)39(36-23)27-15-13-26(33)14-16-27/h2,4-5,8-9,13-16,25H,3,6-7,10-12,17-22H2,1H3. The number of piperazine rings is 1. The minimum Gasteiger partial charge on any atom is -0.352 e. The third-order valence-electron chi connectivity index (χ3n) is 8.40. The van der Waals surface area contributed by atoms with Gasteiger partial charge in [0.2, 0.25) is 5.91 Å². The molecule has 0 N–H and O–H groups in total. The molecule has 1 saturated carbocycles. The fraction of sp³-hybridized carbons (Fsp3) is 0.438. The van der Waals surface area contributed by atoms with Crippen LogP contribution >= 0.6 is 0 Å². The number of fused-ring (bicyclic) bond motifs is 1. The second kappa shape index (κ2) is 11.7. The van der Waals surface area contributed by atoms with Crippen molar-refractivity contribution in [3.05, 3.63) is 77.5 Å². The van der Waals surface area contributed by atoms with Crippen molar-refractivity contribution < 1.29 is 9.18 Å². The van der Waals surface area contributed by atoms with Gasteiger partial charge in [-0.15, -0.1) is 0 Å². The van der Waals surface area contributed by atoms with Crippen LogP contribution in [-0.4, -0.2) is 56.7 Å². The molecule has 4 aromatic rings. The maximum atomic E-state index is 13.7. The van der Waals surface area contributed by atoms with Crippen molar-refractivity contribution in [1.29, 1.82) is 0 Å². The molecule has 2 aliphatic rings. The number of amides is 1. The number of aromatic nitrogens is 4. The fourth-order valence-electron chi connectivity index (χ4n) is 6.16. The van der Waals surface area contributed by atoms with Crippen LogP contribution in [0.15, 0.2) is 54.6 Å². The molecule has 3 heterocycles. The first-order valence-corrected chi connectivity index (χ1v) is 14.6. The predicted octanol–water partition coefficient (Wildman–Crippen LogP) is 5.67. The lowest BCUT2D eigenvalue weighted by molar-refractivity contribution is -0.131. The molecule has 208 valence electrons. The molecular weight excluding hydrogens is 503 g/mol. The number of aryl methyl sites for hydroxylation is 2. The summed E-state index contributed by atoms with van der Waals surface area (Å²) in [5, 5.41) is 5.76. The Morgan fingerprint density at radius 3 is 2.38 bits per heavy atom. The van der Waals surface area contributed by atoms with E-state index < -0.39 is 0 Å². The molecule has 1 amide bonds. The maximum absolute atomic E-state index is 13.7. The van der Waals surface area contributed by atoms with Crippen LogP contribution in [0.2, 0.25) is 0 Å². The number of rotatable bonds is 7. The van der Waals surface area contributed by atoms with Crippen molar-refractivity contribution in [2.75, 3.05) is 31.1 Å². The van der Waals surface area contributed by atoms with E-state index in [-0.39, 0.29) is 11.7 Å². The van der Waals surface area contributed by atoms with E-state index in [1.165, 1.54) is 49.8 Å². The Morgan fingerprint density at radius 2 is 1.65 bits per heavy atom. The Hall–Kier alpha value is -3.81. The predicted molar refractivity (Wildman–Crippen MR) is 155 cm³/mol. The normalized spacial score (nSPS) is 16.6. The summed E-state index contributed by atoms with van der Waals surface area (Å²) in [5.74, 6) is 2.27. The quantitative estimate of drug-likeness (QED) is 0.302. The van der Waals surface area contributed by atoms with Gasteiger partial charge in [0.1, 0.15) is 17.5 Å². The second-order valence-corrected chi connectivity index (χ2v) is 11.2. The van der Waals surface area contributed by atoms with Crippen LogP contribution in [0.1, 0.15) is 55.6 Å². The molecule has 1 aliphatic heterocycles. The van der Waals surface area contributed by atoms with Crippen LogP contribution in [0, 0.1) is 18.7 Å². The number of nitrogens with zero attached hydrogens (tertiary/aromatic N) is 6. The Bertz CT molecular complexity index is 1450. The molecule has 6 rings (SSSR count). The fourth-order valence-corrected chi connectivity index (χ4v) is 6.16. The second-order valence-electron chi connectivity index (χ2n) is 11.2. The Kier molecular flexibility index (Phi) is 7.75. The minimum atomic E-state index is -0.276. The summed E-state index contributed by atoms with van der Waals surface area (Å²) in [4.78, 5) is 27.4. The average Bonchev–Trinajstić information content (AvgIpc) is 3.33. The molecule has 0 unspecified atom stereocenters. The highest BCUT2D eigenvalue weighted by Crippen LogP contribution is 2.32. The summed E-state index contributed by atoms with van der Waals surface area (Å²) in [7, 11) is 0. The third kappa shape index (κ3) is 5.71. The molecule has 0 bridgehead atoms. The lowest BCUT2D eigenvalue weighted by Gasteiger charge is -2.36. The van der Waals surface area contributed by atoms with Gasteiger partial charge in [-0.2, -0.15) is 5.10 Å². The SMILES string of the molecule is Cc1nn(-c2ccc(F)cc2)c2nc(CC3CCCCC3)nc(N3CCN(C(=O)CCc4ccccc4)CC3)c12. The first-order valence-electron chi connectivity index (χ1n) is 14.6. The maximum Gasteiger partial charge on any atom is 0.223 e. The van der Waals surface area contributed by atoms with Gasteiger partial charge < -0.3 is 9.80 Å². The van der Waals surface area contributed by atoms with Crippen molar-refractivity contribution in [3.8, 4) is 5.69 Å². The zero-order valence-electron chi connectivity index (χ0n) is 23.2. The molecule has 0 spiro atoms. The first-order chi connectivity index (χ1) is 19.5. The van der Waals surface area contributed by atoms with E-state index in [4.69, 9.17) is 15.1 Å². The van der Waals surface area contributed by atoms with Crippen LogP contribution in [0.25, 0.3) is 16.7 Å². The summed E-state index contributed by atoms with van der Waals surface area (Å²) in [6.07, 6.45) is 8.43. The molecule has 2 aromatic carbocycles. The van der Waals surface area contributed by atoms with Gasteiger partial charge in [0.25, 0.3) is 0 Å². The van der Waals surface area contributed by atoms with Crippen molar-refractivity contribution in [2.24, 2.45) is 5.92 Å². The number of benzene rings is 2. The van der Waals surface area contributed by atoms with E-state index in [1.807, 2.05) is 34.7 Å². The van der Waals surface area contributed by atoms with Crippen molar-refractivity contribution in [3.63, 3.8) is 0 Å². The number of hydrogen-bond acceptors (Lipinski definition) is 5. The molecular formula is C32H37FN6O. The van der Waals surface area contributed by atoms with Gasteiger partial charge in [0.15, 0.2) is 5.65 Å². The summed E-state index contributed by atoms with van der Waals surface area (Å²) < 4.78 is 15.5. The summed E-state index contributed by atoms with van der Waals surface area (Å²) in [5.41, 5.74) is 3.58. The summed E-state index contributed by atoms with van der Waals surface area (Å²) in [6, 6.07) is 16.6. The lowest BCUT2D eigenvalue weighted by atomic mass is 9.87. The molecule has 1 aliphatic carbocycles. The molecule has 0 radical (unpaired) electrons. The number of carbonyl (C=O) groups excluding carboxylic acids is 1. The van der Waals surface area contributed by atoms with E-state index >= 15 is 0 Å². The topological polar surface area (TPSA) is 67.2 Å². The Labute approximate surface area is 235 Å². The molecule has 0 atom stereocenters. The first kappa shape index (κ1) is 26.4. The van der Waals surface area contributed by atoms with E-state index in [1.54, 1.807) is 12.1 Å². The van der Waals surface area contributed by atoms with Crippen molar-refractivity contribution in [2.45, 2.75) is 58.3 Å². The van der Waals surface area contributed by atoms with Gasteiger partial charge in [-0.05, 0) is 49.1 Å². The largest absolute Gasteiger partial charge is 0.352 e. The average molecular weight is 541 g/mol. The van der Waals surface area contributed by atoms with E-state index in [0.29, 0.717) is 38.5 Å². The highest BCUT2D eigenvalue weighted by molar-refractivity contribution is 5.91. The van der Waals surface area contributed by atoms with Gasteiger partial charge in [0.05, 0.1) is 16.8 Å². The monoisotopic (exact) mass is 540 g/mol. The number of hydrogen-bond donors (Lipinski definition) is 0. The summed E-state index contributed by atoms with van der Waals surface area (Å²) >= 11 is 0. The van der Waals surface area contributed by atoms with Gasteiger partial charge in [-0.25, -0.2) is 19.0 Å². The van der Waals surface area contributed by atoms with Crippen LogP contribution in [0.5, 0.6) is 0 Å². The van der Waals surface area contributed by atoms with Gasteiger partial charge in [-0.3, -0.25) is 4.79 Å². The lowest BCUT2D eigenvalue weighted by Crippen LogP contribution is -2.49. The minimum absolute atomic E-state index is 0.203. The Balaban J connectivity index is 1.26. The van der Waals surface area contributed by atoms with E-state index in [2.05, 4.69) is 17.0 Å². The van der Waals surface area contributed by atoms with Gasteiger partial charge in [-0.1, -0.05) is 62.4 Å². The van der Waals surface area contributed by atoms with Crippen molar-refractivity contribution >= 4 is 22.8 Å². The van der Waals surface area contributed by atoms with Gasteiger partial charge >= 0.3 is 0 Å². The number of anilines is 1. The van der Waals surface area contributed by atoms with Crippen molar-refractivity contribution in [1.82, 2.24) is 24.6 Å². The summed E-state index contributed by atoms with van der Waals surface area (Å²) in [6.45, 7) is 4.75. The smallest absolute Gasteiger partial charge is 0.223 e. The molecule has 40 heavy (non-hydrogen) atoms. The highest BCUT2D eigenvalue weighted by Gasteiger charge is 2.27. The van der Waals surface area contributed by atoms with E-state index in [0.717, 1.165) is 46.9 Å². The van der Waals surface area contributed by atoms with E-state index in [9.17, 15) is 9.18 Å². The number of carbonyl (C=O) groups is 1. The van der Waals surface area contributed by atoms with Crippen LogP contribution in [-0.2, 0) is 17.6 Å². The molecule has 2 fully saturated rings. The van der Waals surface area contributed by atoms with Crippen LogP contribution in [0.3, 0.4) is 0 Å². The van der Waals surface area contributed by atoms with Crippen LogP contribution in [0.4, 0.5) is 10.2 Å². The molecule has 7 nitrogen and oxygen atoms in total. The van der Waals surface area contributed by atoms with Gasteiger partial charge in [0, 0.05) is 39.0 Å². The third-order valence-corrected chi connectivity index (χ3v) is 8.40. The molecule has 2 aromatic heterocycles. The highest BCUT2D eigenvalue weighted by atomic mass is 19.1. The zero-order chi connectivity index (χ0) is 27.5. The molecule has 1 saturated heterocycles. The zero-order valence-corrected chi connectivity index (χ0v) is 23.2. The number of halogens is 1. The van der Waals surface area contributed by atoms with Crippen LogP contribution < -0.4 is 4.90 Å². The molecule has 8 heteroatoms.